The molecule has 1 N–H and O–H groups in total. The summed E-state index contributed by atoms with van der Waals surface area (Å²) in [7, 11) is 0. The first kappa shape index (κ1) is 24.0. The first-order valence-corrected chi connectivity index (χ1v) is 11.1. The summed E-state index contributed by atoms with van der Waals surface area (Å²) in [5.41, 5.74) is 1.64. The van der Waals surface area contributed by atoms with E-state index in [4.69, 9.17) is 4.74 Å². The number of rotatable bonds is 5. The van der Waals surface area contributed by atoms with Gasteiger partial charge in [0.15, 0.2) is 11.6 Å². The minimum atomic E-state index is -0.963. The number of aliphatic hydroxyl groups is 1. The maximum atomic E-state index is 14.8. The summed E-state index contributed by atoms with van der Waals surface area (Å²) in [5, 5.41) is 10.5. The molecule has 1 fully saturated rings. The summed E-state index contributed by atoms with van der Waals surface area (Å²) < 4.78 is 50.0. The van der Waals surface area contributed by atoms with Crippen LogP contribution in [0.5, 0.6) is 0 Å². The molecule has 180 valence electrons. The minimum Gasteiger partial charge on any atom is -0.489 e. The van der Waals surface area contributed by atoms with Gasteiger partial charge in [0.05, 0.1) is 36.4 Å². The molecule has 3 aromatic rings. The summed E-state index contributed by atoms with van der Waals surface area (Å²) >= 11 is 0. The Morgan fingerprint density at radius 2 is 1.85 bits per heavy atom. The highest BCUT2D eigenvalue weighted by atomic mass is 19.2. The van der Waals surface area contributed by atoms with Gasteiger partial charge in [-0.1, -0.05) is 12.1 Å². The summed E-state index contributed by atoms with van der Waals surface area (Å²) in [4.78, 5) is 6.10. The van der Waals surface area contributed by atoms with Crippen molar-refractivity contribution in [2.24, 2.45) is 0 Å². The second-order valence-corrected chi connectivity index (χ2v) is 9.37. The lowest BCUT2D eigenvalue weighted by atomic mass is 9.96. The van der Waals surface area contributed by atoms with Gasteiger partial charge in [0, 0.05) is 12.7 Å². The van der Waals surface area contributed by atoms with Crippen molar-refractivity contribution in [3.05, 3.63) is 89.0 Å². The molecule has 0 spiro atoms. The van der Waals surface area contributed by atoms with Crippen LogP contribution >= 0.6 is 0 Å². The Balaban J connectivity index is 1.64. The van der Waals surface area contributed by atoms with Crippen molar-refractivity contribution in [3.63, 3.8) is 0 Å². The van der Waals surface area contributed by atoms with Gasteiger partial charge in [0.25, 0.3) is 0 Å². The predicted molar refractivity (Wildman–Crippen MR) is 124 cm³/mol. The molecule has 1 aromatic heterocycles. The Morgan fingerprint density at radius 3 is 2.47 bits per heavy atom. The second kappa shape index (κ2) is 9.27. The molecule has 0 bridgehead atoms. The predicted octanol–water partition coefficient (Wildman–Crippen LogP) is 5.17. The van der Waals surface area contributed by atoms with Gasteiger partial charge in [-0.25, -0.2) is 18.2 Å². The third-order valence-corrected chi connectivity index (χ3v) is 5.77. The molecule has 34 heavy (non-hydrogen) atoms. The van der Waals surface area contributed by atoms with E-state index in [9.17, 15) is 18.3 Å². The number of halogens is 3. The van der Waals surface area contributed by atoms with Crippen LogP contribution in [-0.4, -0.2) is 44.4 Å². The van der Waals surface area contributed by atoms with Gasteiger partial charge in [-0.2, -0.15) is 0 Å². The molecule has 0 aliphatic carbocycles. The fraction of sp³-hybridized carbons (Fsp3) is 0.346. The molecule has 5 nitrogen and oxygen atoms in total. The highest BCUT2D eigenvalue weighted by Crippen LogP contribution is 2.34. The molecule has 0 saturated carbocycles. The van der Waals surface area contributed by atoms with Gasteiger partial charge >= 0.3 is 0 Å². The standard InChI is InChI=1S/C26H28F3N3O2/c1-16-12-32(15-30-16)24-8-5-18(10-23(24)29)9-20-13-31(14-26(3,4)34-20)25(17(2)33)19-6-7-21(27)22(28)11-19/h5-12,15,17,25,33H,13-14H2,1-4H3/b20-9-/t17-,25+/m1/s1. The molecular weight excluding hydrogens is 443 g/mol. The van der Waals surface area contributed by atoms with E-state index in [0.29, 0.717) is 35.7 Å². The zero-order chi connectivity index (χ0) is 24.6. The SMILES string of the molecule is Cc1cn(-c2ccc(/C=C3/CN([C@H](c4ccc(F)c(F)c4)[C@@H](C)O)CC(C)(C)O3)cc2F)cn1. The van der Waals surface area contributed by atoms with Gasteiger partial charge in [-0.3, -0.25) is 4.90 Å². The summed E-state index contributed by atoms with van der Waals surface area (Å²) in [6.07, 6.45) is 4.21. The van der Waals surface area contributed by atoms with Gasteiger partial charge in [0.2, 0.25) is 0 Å². The molecule has 2 atom stereocenters. The molecule has 0 unspecified atom stereocenters. The van der Waals surface area contributed by atoms with E-state index >= 15 is 0 Å². The van der Waals surface area contributed by atoms with Gasteiger partial charge in [0.1, 0.15) is 17.2 Å². The average molecular weight is 472 g/mol. The van der Waals surface area contributed by atoms with E-state index in [1.54, 1.807) is 42.2 Å². The van der Waals surface area contributed by atoms with Gasteiger partial charge in [-0.05, 0) is 69.2 Å². The van der Waals surface area contributed by atoms with E-state index in [1.807, 2.05) is 25.7 Å². The zero-order valence-electron chi connectivity index (χ0n) is 19.6. The van der Waals surface area contributed by atoms with Crippen LogP contribution in [0.2, 0.25) is 0 Å². The third kappa shape index (κ3) is 5.18. The van der Waals surface area contributed by atoms with Crippen LogP contribution < -0.4 is 0 Å². The van der Waals surface area contributed by atoms with Crippen molar-refractivity contribution in [1.82, 2.24) is 14.5 Å². The Morgan fingerprint density at radius 1 is 1.09 bits per heavy atom. The maximum Gasteiger partial charge on any atom is 0.159 e. The number of aryl methyl sites for hydroxylation is 1. The average Bonchev–Trinajstić information content (AvgIpc) is 3.15. The van der Waals surface area contributed by atoms with Gasteiger partial charge in [-0.15, -0.1) is 0 Å². The van der Waals surface area contributed by atoms with Crippen molar-refractivity contribution in [1.29, 1.82) is 0 Å². The summed E-state index contributed by atoms with van der Waals surface area (Å²) in [6.45, 7) is 8.02. The van der Waals surface area contributed by atoms with E-state index in [2.05, 4.69) is 4.98 Å². The topological polar surface area (TPSA) is 50.5 Å². The van der Waals surface area contributed by atoms with Crippen LogP contribution in [-0.2, 0) is 4.74 Å². The number of hydrogen-bond acceptors (Lipinski definition) is 4. The second-order valence-electron chi connectivity index (χ2n) is 9.37. The van der Waals surface area contributed by atoms with Crippen LogP contribution in [0.1, 0.15) is 43.6 Å². The number of hydrogen-bond donors (Lipinski definition) is 1. The molecule has 2 aromatic carbocycles. The largest absolute Gasteiger partial charge is 0.489 e. The first-order valence-electron chi connectivity index (χ1n) is 11.1. The number of benzene rings is 2. The Labute approximate surface area is 197 Å². The smallest absolute Gasteiger partial charge is 0.159 e. The Hall–Kier alpha value is -3.10. The molecule has 1 aliphatic heterocycles. The number of aromatic nitrogens is 2. The van der Waals surface area contributed by atoms with Crippen LogP contribution in [0.15, 0.2) is 54.7 Å². The van der Waals surface area contributed by atoms with Crippen LogP contribution in [0.25, 0.3) is 11.8 Å². The van der Waals surface area contributed by atoms with E-state index in [1.165, 1.54) is 12.1 Å². The van der Waals surface area contributed by atoms with E-state index < -0.39 is 35.2 Å². The highest BCUT2D eigenvalue weighted by Gasteiger charge is 2.37. The lowest BCUT2D eigenvalue weighted by Gasteiger charge is -2.44. The van der Waals surface area contributed by atoms with Crippen LogP contribution in [0, 0.1) is 24.4 Å². The van der Waals surface area contributed by atoms with Crippen molar-refractivity contribution >= 4 is 6.08 Å². The van der Waals surface area contributed by atoms with Crippen LogP contribution in [0.4, 0.5) is 13.2 Å². The molecule has 8 heteroatoms. The normalized spacial score (nSPS) is 19.1. The van der Waals surface area contributed by atoms with Crippen LogP contribution in [0.3, 0.4) is 0 Å². The fourth-order valence-electron chi connectivity index (χ4n) is 4.49. The van der Waals surface area contributed by atoms with Crippen molar-refractivity contribution in [2.45, 2.75) is 45.4 Å². The molecule has 1 aliphatic rings. The number of aliphatic hydroxyl groups excluding tert-OH is 1. The van der Waals surface area contributed by atoms with Gasteiger partial charge < -0.3 is 14.4 Å². The fourth-order valence-corrected chi connectivity index (χ4v) is 4.49. The minimum absolute atomic E-state index is 0.308. The lowest BCUT2D eigenvalue weighted by molar-refractivity contribution is -0.0700. The number of ether oxygens (including phenoxy) is 1. The molecular formula is C26H28F3N3O2. The number of morpholine rings is 1. The highest BCUT2D eigenvalue weighted by molar-refractivity contribution is 5.55. The molecule has 2 heterocycles. The Bertz CT molecular complexity index is 1220. The van der Waals surface area contributed by atoms with Crippen molar-refractivity contribution in [3.8, 4) is 5.69 Å². The van der Waals surface area contributed by atoms with E-state index in [0.717, 1.165) is 17.8 Å². The monoisotopic (exact) mass is 471 g/mol. The molecule has 0 amide bonds. The Kier molecular flexibility index (Phi) is 6.55. The first-order chi connectivity index (χ1) is 16.0. The molecule has 1 saturated heterocycles. The quantitative estimate of drug-likeness (QED) is 0.558. The summed E-state index contributed by atoms with van der Waals surface area (Å²) in [6, 6.07) is 7.97. The van der Waals surface area contributed by atoms with E-state index in [-0.39, 0.29) is 0 Å². The zero-order valence-corrected chi connectivity index (χ0v) is 19.6. The number of nitrogens with zero attached hydrogens (tertiary/aromatic N) is 3. The molecule has 4 rings (SSSR count). The lowest BCUT2D eigenvalue weighted by Crippen LogP contribution is -2.50. The maximum absolute atomic E-state index is 14.8. The molecule has 0 radical (unpaired) electrons. The third-order valence-electron chi connectivity index (χ3n) is 5.77. The van der Waals surface area contributed by atoms with Crippen molar-refractivity contribution in [2.75, 3.05) is 13.1 Å². The van der Waals surface area contributed by atoms with Crippen molar-refractivity contribution < 1.29 is 23.0 Å². The number of imidazole rings is 1. The summed E-state index contributed by atoms with van der Waals surface area (Å²) in [5.74, 6) is -1.72.